The number of hydrogen-bond donors (Lipinski definition) is 1. The molecule has 1 aromatic heterocycles. The SMILES string of the molecule is CCCCOC(C)(C)CCNC(=O)CCC(=O)N1Cc2ccccc2-c2c(nnn2CCOCCOC)-c2ccccc21. The number of unbranched alkanes of at least 4 members (excludes halogenated alkanes) is 1. The molecule has 0 radical (unpaired) electrons. The minimum atomic E-state index is -0.308. The van der Waals surface area contributed by atoms with Gasteiger partial charge in [-0.15, -0.1) is 5.10 Å². The fraction of sp³-hybridized carbons (Fsp3) is 0.515. The number of amides is 2. The maximum absolute atomic E-state index is 13.7. The number of benzene rings is 2. The first-order valence-corrected chi connectivity index (χ1v) is 15.2. The van der Waals surface area contributed by atoms with Gasteiger partial charge in [0.15, 0.2) is 0 Å². The molecule has 2 aromatic carbocycles. The molecule has 0 spiro atoms. The zero-order chi connectivity index (χ0) is 30.7. The van der Waals surface area contributed by atoms with Gasteiger partial charge in [0.1, 0.15) is 5.69 Å². The summed E-state index contributed by atoms with van der Waals surface area (Å²) >= 11 is 0. The number of fused-ring (bicyclic) bond motifs is 5. The van der Waals surface area contributed by atoms with Crippen LogP contribution in [0.4, 0.5) is 5.69 Å². The van der Waals surface area contributed by atoms with Gasteiger partial charge >= 0.3 is 0 Å². The van der Waals surface area contributed by atoms with E-state index in [4.69, 9.17) is 14.2 Å². The van der Waals surface area contributed by atoms with Gasteiger partial charge in [0, 0.05) is 44.2 Å². The van der Waals surface area contributed by atoms with Crippen molar-refractivity contribution in [1.82, 2.24) is 20.3 Å². The van der Waals surface area contributed by atoms with E-state index in [-0.39, 0.29) is 30.3 Å². The number of ether oxygens (including phenoxy) is 3. The Hall–Kier alpha value is -3.60. The predicted molar refractivity (Wildman–Crippen MR) is 167 cm³/mol. The minimum Gasteiger partial charge on any atom is -0.382 e. The average molecular weight is 592 g/mol. The lowest BCUT2D eigenvalue weighted by molar-refractivity contribution is -0.125. The summed E-state index contributed by atoms with van der Waals surface area (Å²) in [6.07, 6.45) is 3.01. The number of anilines is 1. The molecule has 10 heteroatoms. The molecule has 0 unspecified atom stereocenters. The molecule has 0 saturated heterocycles. The number of methoxy groups -OCH3 is 1. The molecular weight excluding hydrogens is 546 g/mol. The van der Waals surface area contributed by atoms with E-state index in [0.717, 1.165) is 40.9 Å². The van der Waals surface area contributed by atoms with Crippen LogP contribution in [0, 0.1) is 0 Å². The molecule has 0 saturated carbocycles. The second-order valence-corrected chi connectivity index (χ2v) is 11.3. The van der Waals surface area contributed by atoms with Gasteiger partial charge in [-0.3, -0.25) is 9.59 Å². The maximum atomic E-state index is 13.7. The van der Waals surface area contributed by atoms with Crippen LogP contribution < -0.4 is 10.2 Å². The standard InChI is InChI=1S/C33H45N5O5/c1-5-6-20-43-33(2,3)17-18-34-29(39)15-16-30(40)37-24-25-11-7-8-12-26(25)32-31(27-13-9-10-14-28(27)37)35-36-38(32)19-21-42-23-22-41-4/h7-14H,5-6,15-24H2,1-4H3,(H,34,39). The first-order valence-electron chi connectivity index (χ1n) is 15.2. The summed E-state index contributed by atoms with van der Waals surface area (Å²) < 4.78 is 18.6. The number of aromatic nitrogens is 3. The van der Waals surface area contributed by atoms with E-state index in [1.807, 2.05) is 67.1 Å². The summed E-state index contributed by atoms with van der Waals surface area (Å²) in [5, 5.41) is 12.0. The van der Waals surface area contributed by atoms with Crippen molar-refractivity contribution < 1.29 is 23.8 Å². The molecule has 1 N–H and O–H groups in total. The van der Waals surface area contributed by atoms with Crippen molar-refractivity contribution >= 4 is 17.5 Å². The normalized spacial score (nSPS) is 12.6. The van der Waals surface area contributed by atoms with Crippen molar-refractivity contribution in [3.8, 4) is 22.5 Å². The third-order valence-corrected chi connectivity index (χ3v) is 7.57. The Morgan fingerprint density at radius 2 is 1.74 bits per heavy atom. The fourth-order valence-electron chi connectivity index (χ4n) is 5.10. The average Bonchev–Trinajstić information content (AvgIpc) is 3.41. The lowest BCUT2D eigenvalue weighted by Gasteiger charge is -2.28. The summed E-state index contributed by atoms with van der Waals surface area (Å²) in [6.45, 7) is 9.83. The van der Waals surface area contributed by atoms with Crippen molar-refractivity contribution in [3.63, 3.8) is 0 Å². The number of hydrogen-bond acceptors (Lipinski definition) is 7. The topological polar surface area (TPSA) is 108 Å². The highest BCUT2D eigenvalue weighted by Crippen LogP contribution is 2.41. The van der Waals surface area contributed by atoms with Crippen molar-refractivity contribution in [3.05, 3.63) is 54.1 Å². The monoisotopic (exact) mass is 591 g/mol. The van der Waals surface area contributed by atoms with Crippen LogP contribution in [0.15, 0.2) is 48.5 Å². The summed E-state index contributed by atoms with van der Waals surface area (Å²) in [5.41, 5.74) is 4.81. The van der Waals surface area contributed by atoms with Gasteiger partial charge in [-0.05, 0) is 38.3 Å². The highest BCUT2D eigenvalue weighted by Gasteiger charge is 2.29. The number of rotatable bonds is 16. The van der Waals surface area contributed by atoms with Crippen molar-refractivity contribution in [2.45, 2.75) is 71.6 Å². The first kappa shape index (κ1) is 32.3. The Morgan fingerprint density at radius 1 is 0.977 bits per heavy atom. The van der Waals surface area contributed by atoms with Gasteiger partial charge in [-0.1, -0.05) is 61.0 Å². The lowest BCUT2D eigenvalue weighted by atomic mass is 9.95. The molecule has 3 aromatic rings. The third-order valence-electron chi connectivity index (χ3n) is 7.57. The van der Waals surface area contributed by atoms with E-state index in [1.165, 1.54) is 0 Å². The number of para-hydroxylation sites is 1. The molecule has 1 aliphatic heterocycles. The number of nitrogens with zero attached hydrogens (tertiary/aromatic N) is 4. The molecule has 10 nitrogen and oxygen atoms in total. The molecule has 0 atom stereocenters. The van der Waals surface area contributed by atoms with Gasteiger partial charge in [0.05, 0.1) is 49.9 Å². The van der Waals surface area contributed by atoms with Gasteiger partial charge in [-0.25, -0.2) is 4.68 Å². The van der Waals surface area contributed by atoms with Crippen molar-refractivity contribution in [2.75, 3.05) is 45.0 Å². The van der Waals surface area contributed by atoms with E-state index >= 15 is 0 Å². The Kier molecular flexibility index (Phi) is 11.8. The fourth-order valence-corrected chi connectivity index (χ4v) is 5.10. The van der Waals surface area contributed by atoms with Crippen molar-refractivity contribution in [2.24, 2.45) is 0 Å². The van der Waals surface area contributed by atoms with Gasteiger partial charge < -0.3 is 24.4 Å². The van der Waals surface area contributed by atoms with E-state index in [0.29, 0.717) is 58.2 Å². The van der Waals surface area contributed by atoms with Gasteiger partial charge in [-0.2, -0.15) is 0 Å². The molecule has 2 heterocycles. The Balaban J connectivity index is 1.48. The molecule has 1 aliphatic rings. The molecule has 0 bridgehead atoms. The van der Waals surface area contributed by atoms with Crippen LogP contribution in [0.5, 0.6) is 0 Å². The molecular formula is C33H45N5O5. The highest BCUT2D eigenvalue weighted by atomic mass is 16.5. The van der Waals surface area contributed by atoms with Gasteiger partial charge in [0.2, 0.25) is 11.8 Å². The van der Waals surface area contributed by atoms with E-state index in [2.05, 4.69) is 22.6 Å². The Bertz CT molecular complexity index is 1350. The summed E-state index contributed by atoms with van der Waals surface area (Å²) in [5.74, 6) is -0.264. The van der Waals surface area contributed by atoms with Crippen LogP contribution >= 0.6 is 0 Å². The molecule has 43 heavy (non-hydrogen) atoms. The van der Waals surface area contributed by atoms with Crippen molar-refractivity contribution in [1.29, 1.82) is 0 Å². The number of carbonyl (C=O) groups excluding carboxylic acids is 2. The smallest absolute Gasteiger partial charge is 0.227 e. The summed E-state index contributed by atoms with van der Waals surface area (Å²) in [7, 11) is 1.65. The lowest BCUT2D eigenvalue weighted by Crippen LogP contribution is -2.35. The zero-order valence-electron chi connectivity index (χ0n) is 25.9. The second kappa shape index (κ2) is 15.7. The van der Waals surface area contributed by atoms with E-state index in [9.17, 15) is 9.59 Å². The van der Waals surface area contributed by atoms with Crippen LogP contribution in [-0.2, 0) is 36.9 Å². The summed E-state index contributed by atoms with van der Waals surface area (Å²) in [6, 6.07) is 15.8. The molecule has 4 rings (SSSR count). The van der Waals surface area contributed by atoms with Crippen LogP contribution in [0.2, 0.25) is 0 Å². The molecule has 0 fully saturated rings. The largest absolute Gasteiger partial charge is 0.382 e. The molecule has 232 valence electrons. The predicted octanol–water partition coefficient (Wildman–Crippen LogP) is 5.00. The Labute approximate surface area is 254 Å². The van der Waals surface area contributed by atoms with Crippen LogP contribution in [0.25, 0.3) is 22.5 Å². The molecule has 2 amide bonds. The van der Waals surface area contributed by atoms with Crippen LogP contribution in [-0.4, -0.2) is 72.5 Å². The third kappa shape index (κ3) is 8.72. The summed E-state index contributed by atoms with van der Waals surface area (Å²) in [4.78, 5) is 28.2. The first-order chi connectivity index (χ1) is 20.8. The molecule has 0 aliphatic carbocycles. The maximum Gasteiger partial charge on any atom is 0.227 e. The number of carbonyl (C=O) groups is 2. The quantitative estimate of drug-likeness (QED) is 0.234. The van der Waals surface area contributed by atoms with Gasteiger partial charge in [0.25, 0.3) is 0 Å². The highest BCUT2D eigenvalue weighted by molar-refractivity contribution is 6.01. The van der Waals surface area contributed by atoms with Crippen LogP contribution in [0.1, 0.15) is 58.4 Å². The van der Waals surface area contributed by atoms with E-state index < -0.39 is 0 Å². The second-order valence-electron chi connectivity index (χ2n) is 11.3. The van der Waals surface area contributed by atoms with Crippen LogP contribution in [0.3, 0.4) is 0 Å². The minimum absolute atomic E-state index is 0.0943. The van der Waals surface area contributed by atoms with E-state index in [1.54, 1.807) is 12.0 Å². The Morgan fingerprint density at radius 3 is 2.53 bits per heavy atom. The zero-order valence-corrected chi connectivity index (χ0v) is 25.9. The number of nitrogens with one attached hydrogen (secondary N) is 1.